The second-order valence-corrected chi connectivity index (χ2v) is 6.88. The van der Waals surface area contributed by atoms with E-state index < -0.39 is 0 Å². The number of fused-ring (bicyclic) bond motifs is 1. The summed E-state index contributed by atoms with van der Waals surface area (Å²) >= 11 is 5.94. The molecule has 0 spiro atoms. The van der Waals surface area contributed by atoms with Crippen molar-refractivity contribution in [2.75, 3.05) is 6.54 Å². The average molecular weight is 368 g/mol. The molecule has 2 heterocycles. The standard InChI is InChI=1S/C20H18ClN3O2/c21-16-3-1-13(2-4-16)20-22-10-15-12-24(8-7-18(15)23-20)11-14-9-17(25)5-6-19(14)26/h1-6,9-10,25-26H,7-8,11-12H2. The highest BCUT2D eigenvalue weighted by Gasteiger charge is 2.20. The van der Waals surface area contributed by atoms with Crippen LogP contribution in [0, 0.1) is 0 Å². The molecule has 0 radical (unpaired) electrons. The van der Waals surface area contributed by atoms with Crippen molar-refractivity contribution in [3.05, 3.63) is 70.5 Å². The van der Waals surface area contributed by atoms with Crippen LogP contribution in [0.25, 0.3) is 11.4 Å². The lowest BCUT2D eigenvalue weighted by Gasteiger charge is -2.28. The van der Waals surface area contributed by atoms with Crippen LogP contribution < -0.4 is 0 Å². The summed E-state index contributed by atoms with van der Waals surface area (Å²) in [4.78, 5) is 11.4. The minimum atomic E-state index is 0.158. The fraction of sp³-hybridized carbons (Fsp3) is 0.200. The molecule has 3 aromatic rings. The van der Waals surface area contributed by atoms with Crippen LogP contribution in [0.1, 0.15) is 16.8 Å². The van der Waals surface area contributed by atoms with Gasteiger partial charge >= 0.3 is 0 Å². The van der Waals surface area contributed by atoms with Gasteiger partial charge in [0.15, 0.2) is 5.82 Å². The third kappa shape index (κ3) is 3.49. The lowest BCUT2D eigenvalue weighted by atomic mass is 10.1. The van der Waals surface area contributed by atoms with E-state index in [1.54, 1.807) is 6.07 Å². The first-order valence-electron chi connectivity index (χ1n) is 8.42. The maximum Gasteiger partial charge on any atom is 0.159 e. The molecule has 26 heavy (non-hydrogen) atoms. The van der Waals surface area contributed by atoms with Crippen LogP contribution in [-0.4, -0.2) is 31.6 Å². The number of phenolic OH excluding ortho intramolecular Hbond substituents is 2. The molecule has 0 bridgehead atoms. The van der Waals surface area contributed by atoms with Gasteiger partial charge < -0.3 is 10.2 Å². The quantitative estimate of drug-likeness (QED) is 0.690. The minimum absolute atomic E-state index is 0.158. The number of rotatable bonds is 3. The number of hydrogen-bond donors (Lipinski definition) is 2. The van der Waals surface area contributed by atoms with Crippen molar-refractivity contribution in [3.63, 3.8) is 0 Å². The number of aromatic nitrogens is 2. The predicted octanol–water partition coefficient (Wildman–Crippen LogP) is 3.77. The first kappa shape index (κ1) is 16.8. The van der Waals surface area contributed by atoms with Crippen LogP contribution in [0.4, 0.5) is 0 Å². The molecule has 1 aliphatic heterocycles. The first-order valence-corrected chi connectivity index (χ1v) is 8.80. The minimum Gasteiger partial charge on any atom is -0.508 e. The Morgan fingerprint density at radius 2 is 1.88 bits per heavy atom. The van der Waals surface area contributed by atoms with Gasteiger partial charge in [-0.15, -0.1) is 0 Å². The van der Waals surface area contributed by atoms with Crippen molar-refractivity contribution in [2.45, 2.75) is 19.5 Å². The number of aromatic hydroxyl groups is 2. The van der Waals surface area contributed by atoms with E-state index in [2.05, 4.69) is 9.88 Å². The highest BCUT2D eigenvalue weighted by molar-refractivity contribution is 6.30. The van der Waals surface area contributed by atoms with Gasteiger partial charge in [-0.1, -0.05) is 11.6 Å². The molecule has 0 unspecified atom stereocenters. The Morgan fingerprint density at radius 1 is 1.08 bits per heavy atom. The van der Waals surface area contributed by atoms with Crippen LogP contribution in [0.2, 0.25) is 5.02 Å². The summed E-state index contributed by atoms with van der Waals surface area (Å²) in [5, 5.41) is 20.3. The third-order valence-electron chi connectivity index (χ3n) is 4.57. The monoisotopic (exact) mass is 367 g/mol. The van der Waals surface area contributed by atoms with Gasteiger partial charge in [-0.2, -0.15) is 0 Å². The van der Waals surface area contributed by atoms with E-state index >= 15 is 0 Å². The zero-order chi connectivity index (χ0) is 18.1. The van der Waals surface area contributed by atoms with E-state index in [9.17, 15) is 10.2 Å². The molecule has 0 saturated carbocycles. The number of nitrogens with zero attached hydrogens (tertiary/aromatic N) is 3. The smallest absolute Gasteiger partial charge is 0.159 e. The molecule has 1 aliphatic rings. The molecular weight excluding hydrogens is 350 g/mol. The topological polar surface area (TPSA) is 69.5 Å². The zero-order valence-electron chi connectivity index (χ0n) is 14.1. The van der Waals surface area contributed by atoms with Gasteiger partial charge in [-0.3, -0.25) is 4.90 Å². The Balaban J connectivity index is 1.52. The van der Waals surface area contributed by atoms with Crippen molar-refractivity contribution in [1.29, 1.82) is 0 Å². The molecule has 1 aromatic heterocycles. The second-order valence-electron chi connectivity index (χ2n) is 6.45. The number of phenols is 2. The third-order valence-corrected chi connectivity index (χ3v) is 4.82. The SMILES string of the molecule is Oc1ccc(O)c(CN2CCc3nc(-c4ccc(Cl)cc4)ncc3C2)c1. The van der Waals surface area contributed by atoms with Crippen LogP contribution in [0.5, 0.6) is 11.5 Å². The van der Waals surface area contributed by atoms with E-state index in [-0.39, 0.29) is 11.5 Å². The van der Waals surface area contributed by atoms with E-state index in [1.165, 1.54) is 12.1 Å². The van der Waals surface area contributed by atoms with Gasteiger partial charge in [0.1, 0.15) is 11.5 Å². The maximum atomic E-state index is 9.97. The van der Waals surface area contributed by atoms with Gasteiger partial charge in [0.05, 0.1) is 5.69 Å². The summed E-state index contributed by atoms with van der Waals surface area (Å²) in [6.45, 7) is 2.11. The molecule has 0 saturated heterocycles. The summed E-state index contributed by atoms with van der Waals surface area (Å²) in [5.41, 5.74) is 3.81. The van der Waals surface area contributed by atoms with Crippen molar-refractivity contribution >= 4 is 11.6 Å². The van der Waals surface area contributed by atoms with Crippen molar-refractivity contribution in [1.82, 2.24) is 14.9 Å². The van der Waals surface area contributed by atoms with Crippen LogP contribution in [0.3, 0.4) is 0 Å². The Labute approximate surface area is 156 Å². The van der Waals surface area contributed by atoms with Gasteiger partial charge in [-0.05, 0) is 42.5 Å². The van der Waals surface area contributed by atoms with Crippen LogP contribution in [-0.2, 0) is 19.5 Å². The van der Waals surface area contributed by atoms with E-state index in [1.807, 2.05) is 30.5 Å². The van der Waals surface area contributed by atoms with Crippen LogP contribution in [0.15, 0.2) is 48.7 Å². The van der Waals surface area contributed by atoms with Crippen molar-refractivity contribution in [2.24, 2.45) is 0 Å². The predicted molar refractivity (Wildman–Crippen MR) is 100 cm³/mol. The van der Waals surface area contributed by atoms with Gasteiger partial charge in [0.2, 0.25) is 0 Å². The van der Waals surface area contributed by atoms with E-state index in [4.69, 9.17) is 16.6 Å². The Hall–Kier alpha value is -2.63. The van der Waals surface area contributed by atoms with E-state index in [0.717, 1.165) is 29.8 Å². The molecule has 0 amide bonds. The lowest BCUT2D eigenvalue weighted by molar-refractivity contribution is 0.239. The molecule has 0 atom stereocenters. The molecule has 132 valence electrons. The first-order chi connectivity index (χ1) is 12.6. The highest BCUT2D eigenvalue weighted by Crippen LogP contribution is 2.27. The average Bonchev–Trinajstić information content (AvgIpc) is 2.65. The maximum absolute atomic E-state index is 9.97. The molecule has 4 rings (SSSR count). The molecule has 5 nitrogen and oxygen atoms in total. The summed E-state index contributed by atoms with van der Waals surface area (Å²) in [7, 11) is 0. The Bertz CT molecular complexity index is 944. The zero-order valence-corrected chi connectivity index (χ0v) is 14.8. The molecule has 6 heteroatoms. The van der Waals surface area contributed by atoms with E-state index in [0.29, 0.717) is 29.5 Å². The number of benzene rings is 2. The van der Waals surface area contributed by atoms with Gasteiger partial charge in [0, 0.05) is 54.0 Å². The normalized spacial score (nSPS) is 14.2. The second kappa shape index (κ2) is 6.94. The fourth-order valence-corrected chi connectivity index (χ4v) is 3.31. The largest absolute Gasteiger partial charge is 0.508 e. The Morgan fingerprint density at radius 3 is 2.69 bits per heavy atom. The van der Waals surface area contributed by atoms with Crippen molar-refractivity contribution < 1.29 is 10.2 Å². The fourth-order valence-electron chi connectivity index (χ4n) is 3.19. The van der Waals surface area contributed by atoms with Crippen LogP contribution >= 0.6 is 11.6 Å². The summed E-state index contributed by atoms with van der Waals surface area (Å²) in [6.07, 6.45) is 2.69. The molecule has 0 fully saturated rings. The molecule has 2 N–H and O–H groups in total. The summed E-state index contributed by atoms with van der Waals surface area (Å²) in [6, 6.07) is 12.1. The van der Waals surface area contributed by atoms with Gasteiger partial charge in [0.25, 0.3) is 0 Å². The number of hydrogen-bond acceptors (Lipinski definition) is 5. The summed E-state index contributed by atoms with van der Waals surface area (Å²) in [5.74, 6) is 1.06. The van der Waals surface area contributed by atoms with Crippen molar-refractivity contribution in [3.8, 4) is 22.9 Å². The molecule has 2 aromatic carbocycles. The number of halogens is 1. The Kier molecular flexibility index (Phi) is 4.49. The highest BCUT2D eigenvalue weighted by atomic mass is 35.5. The molecule has 0 aliphatic carbocycles. The summed E-state index contributed by atoms with van der Waals surface area (Å²) < 4.78 is 0. The molecular formula is C20H18ClN3O2. The lowest BCUT2D eigenvalue weighted by Crippen LogP contribution is -2.31. The van der Waals surface area contributed by atoms with Gasteiger partial charge in [-0.25, -0.2) is 9.97 Å².